The highest BCUT2D eigenvalue weighted by molar-refractivity contribution is 6.31. The van der Waals surface area contributed by atoms with E-state index in [4.69, 9.17) is 16.3 Å². The lowest BCUT2D eigenvalue weighted by Gasteiger charge is -2.25. The van der Waals surface area contributed by atoms with Gasteiger partial charge in [-0.3, -0.25) is 0 Å². The van der Waals surface area contributed by atoms with E-state index in [1.807, 2.05) is 7.05 Å². The normalized spacial score (nSPS) is 14.8. The first-order valence-electron chi connectivity index (χ1n) is 6.45. The van der Waals surface area contributed by atoms with Crippen molar-refractivity contribution < 1.29 is 4.74 Å². The van der Waals surface area contributed by atoms with Crippen LogP contribution in [0.4, 0.5) is 5.69 Å². The van der Waals surface area contributed by atoms with Crippen LogP contribution in [0.2, 0.25) is 5.02 Å². The summed E-state index contributed by atoms with van der Waals surface area (Å²) in [7, 11) is 3.67. The van der Waals surface area contributed by atoms with Crippen molar-refractivity contribution in [1.29, 1.82) is 0 Å². The summed E-state index contributed by atoms with van der Waals surface area (Å²) in [6.45, 7) is 2.50. The Morgan fingerprint density at radius 1 is 1.44 bits per heavy atom. The molecule has 4 heteroatoms. The largest absolute Gasteiger partial charge is 0.383 e. The number of halogens is 1. The quantitative estimate of drug-likeness (QED) is 0.823. The predicted molar refractivity (Wildman–Crippen MR) is 76.5 cm³/mol. The summed E-state index contributed by atoms with van der Waals surface area (Å²) in [6.07, 6.45) is 2.55. The van der Waals surface area contributed by atoms with E-state index in [9.17, 15) is 0 Å². The van der Waals surface area contributed by atoms with Crippen molar-refractivity contribution in [2.45, 2.75) is 25.4 Å². The molecule has 3 nitrogen and oxygen atoms in total. The van der Waals surface area contributed by atoms with E-state index in [1.165, 1.54) is 18.5 Å². The number of hydrogen-bond donors (Lipinski definition) is 1. The van der Waals surface area contributed by atoms with Crippen molar-refractivity contribution in [2.24, 2.45) is 0 Å². The van der Waals surface area contributed by atoms with Crippen molar-refractivity contribution in [1.82, 2.24) is 5.32 Å². The van der Waals surface area contributed by atoms with E-state index in [2.05, 4.69) is 28.4 Å². The topological polar surface area (TPSA) is 24.5 Å². The lowest BCUT2D eigenvalue weighted by atomic mass is 10.2. The number of hydrogen-bond acceptors (Lipinski definition) is 3. The molecule has 2 rings (SSSR count). The molecule has 0 amide bonds. The van der Waals surface area contributed by atoms with Gasteiger partial charge in [0, 0.05) is 37.0 Å². The number of nitrogens with one attached hydrogen (secondary N) is 1. The third-order valence-electron chi connectivity index (χ3n) is 3.26. The average molecular weight is 269 g/mol. The molecule has 0 aromatic heterocycles. The van der Waals surface area contributed by atoms with Crippen LogP contribution < -0.4 is 10.2 Å². The summed E-state index contributed by atoms with van der Waals surface area (Å²) in [5, 5.41) is 3.96. The van der Waals surface area contributed by atoms with Gasteiger partial charge in [-0.15, -0.1) is 0 Å². The minimum atomic E-state index is 0.673. The lowest BCUT2D eigenvalue weighted by molar-refractivity contribution is 0.205. The highest BCUT2D eigenvalue weighted by atomic mass is 35.5. The van der Waals surface area contributed by atoms with E-state index in [-0.39, 0.29) is 0 Å². The minimum absolute atomic E-state index is 0.673. The van der Waals surface area contributed by atoms with Crippen LogP contribution in [0.3, 0.4) is 0 Å². The van der Waals surface area contributed by atoms with Gasteiger partial charge in [0.05, 0.1) is 6.61 Å². The van der Waals surface area contributed by atoms with Gasteiger partial charge in [0.25, 0.3) is 0 Å². The van der Waals surface area contributed by atoms with E-state index >= 15 is 0 Å². The molecule has 0 atom stereocenters. The predicted octanol–water partition coefficient (Wildman–Crippen LogP) is 2.67. The summed E-state index contributed by atoms with van der Waals surface area (Å²) in [4.78, 5) is 2.40. The molecule has 0 spiro atoms. The van der Waals surface area contributed by atoms with Crippen LogP contribution in [0.25, 0.3) is 0 Å². The Kier molecular flexibility index (Phi) is 4.87. The molecule has 1 aromatic rings. The second-order valence-corrected chi connectivity index (χ2v) is 5.13. The Hall–Kier alpha value is -0.770. The Balaban J connectivity index is 2.12. The summed E-state index contributed by atoms with van der Waals surface area (Å²) in [6, 6.07) is 7.01. The molecule has 100 valence electrons. The molecule has 0 saturated heterocycles. The molecule has 1 aliphatic rings. The van der Waals surface area contributed by atoms with Gasteiger partial charge in [-0.1, -0.05) is 17.7 Å². The van der Waals surface area contributed by atoms with Gasteiger partial charge in [-0.05, 0) is 37.6 Å². The zero-order valence-electron chi connectivity index (χ0n) is 11.1. The maximum Gasteiger partial charge on any atom is 0.0637 e. The molecule has 1 saturated carbocycles. The second kappa shape index (κ2) is 6.41. The maximum absolute atomic E-state index is 6.31. The molecule has 0 radical (unpaired) electrons. The van der Waals surface area contributed by atoms with Crippen LogP contribution >= 0.6 is 11.6 Å². The lowest BCUT2D eigenvalue weighted by Crippen LogP contribution is -2.29. The smallest absolute Gasteiger partial charge is 0.0637 e. The third-order valence-corrected chi connectivity index (χ3v) is 3.61. The monoisotopic (exact) mass is 268 g/mol. The third kappa shape index (κ3) is 3.37. The van der Waals surface area contributed by atoms with Crippen molar-refractivity contribution >= 4 is 17.3 Å². The van der Waals surface area contributed by atoms with Crippen LogP contribution in [0, 0.1) is 0 Å². The fourth-order valence-electron chi connectivity index (χ4n) is 2.15. The van der Waals surface area contributed by atoms with Gasteiger partial charge < -0.3 is 15.0 Å². The fourth-order valence-corrected chi connectivity index (χ4v) is 2.39. The van der Waals surface area contributed by atoms with Crippen LogP contribution in [-0.4, -0.2) is 33.4 Å². The summed E-state index contributed by atoms with van der Waals surface area (Å²) in [5.74, 6) is 0. The Bertz CT molecular complexity index is 393. The second-order valence-electron chi connectivity index (χ2n) is 4.72. The van der Waals surface area contributed by atoms with E-state index in [0.29, 0.717) is 6.04 Å². The number of rotatable bonds is 7. The van der Waals surface area contributed by atoms with Gasteiger partial charge in [-0.25, -0.2) is 0 Å². The minimum Gasteiger partial charge on any atom is -0.383 e. The molecule has 0 heterocycles. The Morgan fingerprint density at radius 3 is 2.78 bits per heavy atom. The molecular formula is C14H21ClN2O. The molecule has 0 unspecified atom stereocenters. The number of nitrogens with zero attached hydrogens (tertiary/aromatic N) is 1. The average Bonchev–Trinajstić information content (AvgIpc) is 3.17. The first-order valence-corrected chi connectivity index (χ1v) is 6.82. The number of anilines is 1. The first kappa shape index (κ1) is 13.7. The van der Waals surface area contributed by atoms with Gasteiger partial charge in [-0.2, -0.15) is 0 Å². The number of methoxy groups -OCH3 is 1. The van der Waals surface area contributed by atoms with Crippen molar-refractivity contribution in [3.8, 4) is 0 Å². The van der Waals surface area contributed by atoms with Crippen LogP contribution in [-0.2, 0) is 11.3 Å². The summed E-state index contributed by atoms with van der Waals surface area (Å²) >= 11 is 6.31. The highest BCUT2D eigenvalue weighted by Gasteiger charge is 2.29. The molecule has 18 heavy (non-hydrogen) atoms. The summed E-state index contributed by atoms with van der Waals surface area (Å²) < 4.78 is 5.18. The SMILES string of the molecule is CNCc1ccc(N(CCOC)C2CC2)cc1Cl. The molecular weight excluding hydrogens is 248 g/mol. The number of ether oxygens (including phenoxy) is 1. The first-order chi connectivity index (χ1) is 8.76. The van der Waals surface area contributed by atoms with Crippen LogP contribution in [0.1, 0.15) is 18.4 Å². The maximum atomic E-state index is 6.31. The van der Waals surface area contributed by atoms with Crippen LogP contribution in [0.15, 0.2) is 18.2 Å². The van der Waals surface area contributed by atoms with E-state index in [0.717, 1.165) is 30.3 Å². The zero-order chi connectivity index (χ0) is 13.0. The van der Waals surface area contributed by atoms with Gasteiger partial charge in [0.2, 0.25) is 0 Å². The molecule has 1 aliphatic carbocycles. The van der Waals surface area contributed by atoms with Crippen LogP contribution in [0.5, 0.6) is 0 Å². The molecule has 0 aliphatic heterocycles. The van der Waals surface area contributed by atoms with Crippen molar-refractivity contribution in [3.63, 3.8) is 0 Å². The molecule has 1 fully saturated rings. The molecule has 0 bridgehead atoms. The van der Waals surface area contributed by atoms with Gasteiger partial charge in [0.15, 0.2) is 0 Å². The van der Waals surface area contributed by atoms with E-state index < -0.39 is 0 Å². The van der Waals surface area contributed by atoms with Gasteiger partial charge >= 0.3 is 0 Å². The number of benzene rings is 1. The van der Waals surface area contributed by atoms with E-state index in [1.54, 1.807) is 7.11 Å². The highest BCUT2D eigenvalue weighted by Crippen LogP contribution is 2.33. The Labute approximate surface area is 114 Å². The van der Waals surface area contributed by atoms with Crippen molar-refractivity contribution in [3.05, 3.63) is 28.8 Å². The fraction of sp³-hybridized carbons (Fsp3) is 0.571. The standard InChI is InChI=1S/C14H21ClN2O/c1-16-10-11-3-4-13(9-14(11)15)17(7-8-18-2)12-5-6-12/h3-4,9,12,16H,5-8,10H2,1-2H3. The van der Waals surface area contributed by atoms with Gasteiger partial charge in [0.1, 0.15) is 0 Å². The zero-order valence-corrected chi connectivity index (χ0v) is 11.8. The van der Waals surface area contributed by atoms with Crippen molar-refractivity contribution in [2.75, 3.05) is 32.2 Å². The molecule has 1 N–H and O–H groups in total. The summed E-state index contributed by atoms with van der Waals surface area (Å²) in [5.41, 5.74) is 2.35. The molecule has 1 aromatic carbocycles. The Morgan fingerprint density at radius 2 is 2.22 bits per heavy atom.